The van der Waals surface area contributed by atoms with Crippen molar-refractivity contribution in [3.63, 3.8) is 0 Å². The summed E-state index contributed by atoms with van der Waals surface area (Å²) in [6, 6.07) is 8.35. The monoisotopic (exact) mass is 343 g/mol. The first-order valence-electron chi connectivity index (χ1n) is 9.64. The van der Waals surface area contributed by atoms with Gasteiger partial charge in [0.2, 0.25) is 0 Å². The minimum Gasteiger partial charge on any atom is -0.490 e. The van der Waals surface area contributed by atoms with Crippen molar-refractivity contribution in [3.05, 3.63) is 30.5 Å². The molecular weight excluding hydrogens is 314 g/mol. The van der Waals surface area contributed by atoms with Crippen molar-refractivity contribution in [2.75, 3.05) is 52.5 Å². The molecule has 5 nitrogen and oxygen atoms in total. The van der Waals surface area contributed by atoms with Crippen LogP contribution in [0.5, 0.6) is 5.75 Å². The molecule has 0 atom stereocenters. The van der Waals surface area contributed by atoms with Crippen LogP contribution in [-0.2, 0) is 4.74 Å². The molecular formula is C20H29N3O2. The Kier molecular flexibility index (Phi) is 5.55. The third-order valence-corrected chi connectivity index (χ3v) is 5.43. The molecule has 1 aromatic carbocycles. The van der Waals surface area contributed by atoms with Gasteiger partial charge in [0.05, 0.1) is 6.61 Å². The second-order valence-corrected chi connectivity index (χ2v) is 7.16. The number of nitrogens with zero attached hydrogens (tertiary/aromatic N) is 2. The molecule has 25 heavy (non-hydrogen) atoms. The van der Waals surface area contributed by atoms with Crippen LogP contribution in [0.3, 0.4) is 0 Å². The summed E-state index contributed by atoms with van der Waals surface area (Å²) in [5.41, 5.74) is 1.15. The Balaban J connectivity index is 1.23. The van der Waals surface area contributed by atoms with Gasteiger partial charge >= 0.3 is 0 Å². The van der Waals surface area contributed by atoms with Gasteiger partial charge in [-0.2, -0.15) is 0 Å². The Morgan fingerprint density at radius 1 is 1.00 bits per heavy atom. The second-order valence-electron chi connectivity index (χ2n) is 7.16. The van der Waals surface area contributed by atoms with E-state index in [-0.39, 0.29) is 0 Å². The van der Waals surface area contributed by atoms with E-state index in [2.05, 4.69) is 39.0 Å². The fourth-order valence-corrected chi connectivity index (χ4v) is 3.89. The third kappa shape index (κ3) is 4.35. The first kappa shape index (κ1) is 16.9. The highest BCUT2D eigenvalue weighted by molar-refractivity contribution is 5.85. The molecule has 2 fully saturated rings. The van der Waals surface area contributed by atoms with Crippen LogP contribution >= 0.6 is 0 Å². The summed E-state index contributed by atoms with van der Waals surface area (Å²) in [6.07, 6.45) is 5.71. The van der Waals surface area contributed by atoms with Gasteiger partial charge in [0, 0.05) is 63.0 Å². The number of ether oxygens (including phenoxy) is 2. The van der Waals surface area contributed by atoms with Crippen LogP contribution in [0, 0.1) is 0 Å². The molecule has 1 N–H and O–H groups in total. The minimum absolute atomic E-state index is 0.336. The molecule has 2 saturated heterocycles. The van der Waals surface area contributed by atoms with E-state index in [0.29, 0.717) is 6.10 Å². The lowest BCUT2D eigenvalue weighted by molar-refractivity contribution is 0.0924. The Hall–Kier alpha value is -1.56. The molecule has 4 rings (SSSR count). The van der Waals surface area contributed by atoms with E-state index in [1.165, 1.54) is 24.9 Å². The Morgan fingerprint density at radius 3 is 2.72 bits per heavy atom. The minimum atomic E-state index is 0.336. The Labute approximate surface area is 149 Å². The zero-order valence-electron chi connectivity index (χ0n) is 15.0. The maximum Gasteiger partial charge on any atom is 0.129 e. The topological polar surface area (TPSA) is 40.7 Å². The number of hydrogen-bond acceptors (Lipinski definition) is 4. The van der Waals surface area contributed by atoms with E-state index in [0.717, 1.165) is 63.5 Å². The van der Waals surface area contributed by atoms with Crippen molar-refractivity contribution >= 4 is 10.9 Å². The quantitative estimate of drug-likeness (QED) is 0.906. The summed E-state index contributed by atoms with van der Waals surface area (Å²) >= 11 is 0. The number of likely N-dealkylation sites (tertiary alicyclic amines) is 1. The number of fused-ring (bicyclic) bond motifs is 1. The van der Waals surface area contributed by atoms with E-state index in [4.69, 9.17) is 9.47 Å². The van der Waals surface area contributed by atoms with Gasteiger partial charge in [-0.25, -0.2) is 0 Å². The Bertz CT molecular complexity index is 656. The number of piperidine rings is 1. The molecule has 0 aliphatic carbocycles. The molecule has 0 radical (unpaired) electrons. The van der Waals surface area contributed by atoms with E-state index >= 15 is 0 Å². The lowest BCUT2D eigenvalue weighted by Gasteiger charge is -2.33. The summed E-state index contributed by atoms with van der Waals surface area (Å²) in [5.74, 6) is 1.02. The van der Waals surface area contributed by atoms with Gasteiger partial charge < -0.3 is 19.4 Å². The zero-order chi connectivity index (χ0) is 16.9. The number of hydrogen-bond donors (Lipinski definition) is 1. The molecule has 0 bridgehead atoms. The average molecular weight is 343 g/mol. The van der Waals surface area contributed by atoms with Gasteiger partial charge in [-0.1, -0.05) is 6.07 Å². The van der Waals surface area contributed by atoms with E-state index in [1.54, 1.807) is 0 Å². The van der Waals surface area contributed by atoms with E-state index in [1.807, 2.05) is 6.20 Å². The standard InChI is InChI=1S/C20H29N3O2/c1-3-19-18(5-8-21-19)20(4-1)25-17-6-10-23(11-7-17)13-12-22-9-2-15-24-16-14-22/h1,3-5,8,17,21H,2,6-7,9-16H2. The molecule has 0 unspecified atom stereocenters. The maximum atomic E-state index is 6.31. The number of nitrogens with one attached hydrogen (secondary N) is 1. The van der Waals surface area contributed by atoms with Gasteiger partial charge in [0.15, 0.2) is 0 Å². The molecule has 3 heterocycles. The maximum absolute atomic E-state index is 6.31. The molecule has 0 spiro atoms. The van der Waals surface area contributed by atoms with E-state index < -0.39 is 0 Å². The lowest BCUT2D eigenvalue weighted by atomic mass is 10.1. The van der Waals surface area contributed by atoms with Gasteiger partial charge in [0.25, 0.3) is 0 Å². The van der Waals surface area contributed by atoms with Crippen molar-refractivity contribution in [2.24, 2.45) is 0 Å². The molecule has 136 valence electrons. The van der Waals surface area contributed by atoms with Crippen LogP contribution < -0.4 is 4.74 Å². The van der Waals surface area contributed by atoms with Crippen LogP contribution in [0.1, 0.15) is 19.3 Å². The van der Waals surface area contributed by atoms with Crippen LogP contribution in [0.2, 0.25) is 0 Å². The van der Waals surface area contributed by atoms with Gasteiger partial charge in [-0.15, -0.1) is 0 Å². The Morgan fingerprint density at radius 2 is 1.84 bits per heavy atom. The van der Waals surface area contributed by atoms with Crippen LogP contribution in [0.4, 0.5) is 0 Å². The molecule has 2 aliphatic heterocycles. The van der Waals surface area contributed by atoms with Crippen LogP contribution in [-0.4, -0.2) is 73.4 Å². The number of benzene rings is 1. The van der Waals surface area contributed by atoms with Crippen LogP contribution in [0.25, 0.3) is 10.9 Å². The first-order valence-corrected chi connectivity index (χ1v) is 9.64. The smallest absolute Gasteiger partial charge is 0.129 e. The number of rotatable bonds is 5. The highest BCUT2D eigenvalue weighted by Crippen LogP contribution is 2.27. The molecule has 0 saturated carbocycles. The normalized spacial score (nSPS) is 21.4. The van der Waals surface area contributed by atoms with E-state index in [9.17, 15) is 0 Å². The van der Waals surface area contributed by atoms with Crippen molar-refractivity contribution in [1.82, 2.24) is 14.8 Å². The highest BCUT2D eigenvalue weighted by Gasteiger charge is 2.21. The summed E-state index contributed by atoms with van der Waals surface area (Å²) in [6.45, 7) is 8.68. The molecule has 2 aromatic rings. The zero-order valence-corrected chi connectivity index (χ0v) is 15.0. The van der Waals surface area contributed by atoms with Crippen molar-refractivity contribution in [2.45, 2.75) is 25.4 Å². The lowest BCUT2D eigenvalue weighted by Crippen LogP contribution is -2.42. The predicted molar refractivity (Wildman–Crippen MR) is 100 cm³/mol. The SMILES string of the molecule is c1cc(OC2CCN(CCN3CCCOCC3)CC2)c2cc[nH]c2c1. The van der Waals surface area contributed by atoms with Crippen LogP contribution in [0.15, 0.2) is 30.5 Å². The summed E-state index contributed by atoms with van der Waals surface area (Å²) in [4.78, 5) is 8.38. The summed E-state index contributed by atoms with van der Waals surface area (Å²) in [7, 11) is 0. The summed E-state index contributed by atoms with van der Waals surface area (Å²) in [5, 5.41) is 1.19. The fraction of sp³-hybridized carbons (Fsp3) is 0.600. The van der Waals surface area contributed by atoms with Crippen molar-refractivity contribution in [1.29, 1.82) is 0 Å². The fourth-order valence-electron chi connectivity index (χ4n) is 3.89. The second kappa shape index (κ2) is 8.21. The predicted octanol–water partition coefficient (Wildman–Crippen LogP) is 2.73. The molecule has 0 amide bonds. The van der Waals surface area contributed by atoms with Gasteiger partial charge in [-0.3, -0.25) is 4.90 Å². The average Bonchev–Trinajstić information content (AvgIpc) is 2.98. The van der Waals surface area contributed by atoms with Crippen molar-refractivity contribution in [3.8, 4) is 5.75 Å². The summed E-state index contributed by atoms with van der Waals surface area (Å²) < 4.78 is 11.9. The molecule has 1 aromatic heterocycles. The third-order valence-electron chi connectivity index (χ3n) is 5.43. The molecule has 2 aliphatic rings. The van der Waals surface area contributed by atoms with Gasteiger partial charge in [-0.05, 0) is 37.5 Å². The number of aromatic amines is 1. The number of aromatic nitrogens is 1. The van der Waals surface area contributed by atoms with Gasteiger partial charge in [0.1, 0.15) is 11.9 Å². The largest absolute Gasteiger partial charge is 0.490 e. The first-order chi connectivity index (χ1) is 12.4. The molecule has 5 heteroatoms. The number of H-pyrrole nitrogens is 1. The highest BCUT2D eigenvalue weighted by atomic mass is 16.5. The van der Waals surface area contributed by atoms with Crippen molar-refractivity contribution < 1.29 is 9.47 Å².